The number of aryl methyl sites for hydroxylation is 2. The second-order valence-corrected chi connectivity index (χ2v) is 12.0. The highest BCUT2D eigenvalue weighted by atomic mass is 32.2. The monoisotopic (exact) mass is 539 g/mol. The van der Waals surface area contributed by atoms with Gasteiger partial charge in [0.05, 0.1) is 14.7 Å². The predicted octanol–water partition coefficient (Wildman–Crippen LogP) is 5.77. The zero-order valence-electron chi connectivity index (χ0n) is 18.8. The molecule has 4 rings (SSSR count). The van der Waals surface area contributed by atoms with E-state index in [1.165, 1.54) is 46.2 Å². The second kappa shape index (κ2) is 9.32. The smallest absolute Gasteiger partial charge is 0.261 e. The first kappa shape index (κ1) is 25.3. The molecule has 12 heteroatoms. The Hall–Kier alpha value is -2.83. The lowest BCUT2D eigenvalue weighted by atomic mass is 10.1. The Labute approximate surface area is 208 Å². The molecule has 2 aromatic rings. The quantitative estimate of drug-likeness (QED) is 0.315. The van der Waals surface area contributed by atoms with Crippen molar-refractivity contribution in [2.75, 3.05) is 4.72 Å². The van der Waals surface area contributed by atoms with Crippen molar-refractivity contribution in [1.82, 2.24) is 9.55 Å². The average molecular weight is 540 g/mol. The van der Waals surface area contributed by atoms with Gasteiger partial charge in [-0.2, -0.15) is 18.2 Å². The van der Waals surface area contributed by atoms with Gasteiger partial charge in [0.25, 0.3) is 10.0 Å². The van der Waals surface area contributed by atoms with Gasteiger partial charge in [-0.15, -0.1) is 23.1 Å². The van der Waals surface area contributed by atoms with Gasteiger partial charge in [-0.05, 0) is 44.5 Å². The van der Waals surface area contributed by atoms with E-state index in [1.54, 1.807) is 26.0 Å². The van der Waals surface area contributed by atoms with Crippen LogP contribution in [0.25, 0.3) is 5.69 Å². The van der Waals surface area contributed by atoms with E-state index in [4.69, 9.17) is 0 Å². The van der Waals surface area contributed by atoms with Crippen molar-refractivity contribution in [3.63, 3.8) is 0 Å². The molecule has 0 aromatic heterocycles. The molecule has 1 N–H and O–H groups in total. The summed E-state index contributed by atoms with van der Waals surface area (Å²) in [6.07, 6.45) is -4.51. The fourth-order valence-corrected chi connectivity index (χ4v) is 6.92. The highest BCUT2D eigenvalue weighted by molar-refractivity contribution is 8.00. The molecule has 0 atom stereocenters. The minimum atomic E-state index is -4.51. The fraction of sp³-hybridized carbons (Fsp3) is 0.217. The van der Waals surface area contributed by atoms with E-state index in [0.717, 1.165) is 28.3 Å². The third-order valence-corrected chi connectivity index (χ3v) is 9.22. The van der Waals surface area contributed by atoms with Crippen LogP contribution in [0.15, 0.2) is 62.4 Å². The zero-order valence-corrected chi connectivity index (χ0v) is 21.3. The summed E-state index contributed by atoms with van der Waals surface area (Å²) in [6, 6.07) is 11.4. The van der Waals surface area contributed by atoms with Crippen LogP contribution in [0.5, 0.6) is 0 Å². The number of hydrogen-bond acceptors (Lipinski definition) is 6. The molecule has 35 heavy (non-hydrogen) atoms. The second-order valence-electron chi connectivity index (χ2n) is 7.82. The van der Waals surface area contributed by atoms with E-state index in [2.05, 4.69) is 9.71 Å². The van der Waals surface area contributed by atoms with Gasteiger partial charge in [0, 0.05) is 16.3 Å². The summed E-state index contributed by atoms with van der Waals surface area (Å²) in [5.74, 6) is -0.199. The van der Waals surface area contributed by atoms with Crippen molar-refractivity contribution >= 4 is 38.9 Å². The molecule has 0 unspecified atom stereocenters. The summed E-state index contributed by atoms with van der Waals surface area (Å²) in [7, 11) is -4.06. The molecule has 6 nitrogen and oxygen atoms in total. The summed E-state index contributed by atoms with van der Waals surface area (Å²) in [6.45, 7) is 5.31. The number of hydrogen-bond donors (Lipinski definition) is 1. The highest BCUT2D eigenvalue weighted by Crippen LogP contribution is 2.41. The molecule has 0 radical (unpaired) electrons. The van der Waals surface area contributed by atoms with Crippen molar-refractivity contribution in [3.05, 3.63) is 86.3 Å². The molecule has 0 spiro atoms. The van der Waals surface area contributed by atoms with Crippen LogP contribution < -0.4 is 10.4 Å². The van der Waals surface area contributed by atoms with Crippen LogP contribution in [-0.4, -0.2) is 18.0 Å². The van der Waals surface area contributed by atoms with Crippen molar-refractivity contribution < 1.29 is 21.6 Å². The summed E-state index contributed by atoms with van der Waals surface area (Å²) >= 11 is 2.36. The van der Waals surface area contributed by atoms with Gasteiger partial charge in [-0.3, -0.25) is 9.29 Å². The standard InChI is InChI=1S/C23H20F3N3O3S3/c1-13-8-10-17(11-9-13)35(31,32)28-20-19-21(34-15(3)14(2)29(19)22(30)27-20)33-12-16-6-4-5-7-18(16)23(24,25)26/h4-11H,12H2,1-3H3,(H,27,28,30). The van der Waals surface area contributed by atoms with E-state index in [0.29, 0.717) is 9.90 Å². The molecule has 2 aliphatic rings. The lowest BCUT2D eigenvalue weighted by Crippen LogP contribution is -2.17. The average Bonchev–Trinajstić information content (AvgIpc) is 3.10. The van der Waals surface area contributed by atoms with Crippen LogP contribution >= 0.6 is 23.1 Å². The number of thioether (sulfide) groups is 1. The number of sulfonamides is 1. The number of nitrogens with zero attached hydrogens (tertiary/aromatic N) is 2. The third kappa shape index (κ3) is 5.09. The maximum absolute atomic E-state index is 13.4. The molecule has 0 saturated carbocycles. The van der Waals surface area contributed by atoms with Crippen molar-refractivity contribution in [3.8, 4) is 5.69 Å². The number of benzene rings is 2. The van der Waals surface area contributed by atoms with Crippen molar-refractivity contribution in [1.29, 1.82) is 0 Å². The Morgan fingerprint density at radius 3 is 2.37 bits per heavy atom. The maximum Gasteiger partial charge on any atom is 0.416 e. The first-order valence-corrected chi connectivity index (χ1v) is 13.6. The molecule has 184 valence electrons. The SMILES string of the molecule is Cc1ccc(S(=O)(=O)Nc2nc(=O)n3c(C)c(C)sc(SCc4ccccc4C(F)(F)F)c2-3)cc1. The van der Waals surface area contributed by atoms with E-state index < -0.39 is 27.5 Å². The normalized spacial score (nSPS) is 12.3. The van der Waals surface area contributed by atoms with Crippen LogP contribution in [0.2, 0.25) is 0 Å². The first-order valence-electron chi connectivity index (χ1n) is 10.3. The number of nitrogens with one attached hydrogen (secondary N) is 1. The van der Waals surface area contributed by atoms with E-state index in [9.17, 15) is 26.4 Å². The Bertz CT molecular complexity index is 1530. The minimum absolute atomic E-state index is 0.00230. The topological polar surface area (TPSA) is 81.1 Å². The molecular weight excluding hydrogens is 519 g/mol. The van der Waals surface area contributed by atoms with Gasteiger partial charge < -0.3 is 0 Å². The molecule has 2 aliphatic heterocycles. The number of rotatable bonds is 6. The Morgan fingerprint density at radius 2 is 1.71 bits per heavy atom. The van der Waals surface area contributed by atoms with Gasteiger partial charge in [0.15, 0.2) is 5.82 Å². The van der Waals surface area contributed by atoms with Crippen LogP contribution in [-0.2, 0) is 22.0 Å². The Kier molecular flexibility index (Phi) is 6.73. The summed E-state index contributed by atoms with van der Waals surface area (Å²) in [5.41, 5.74) is 0.334. The highest BCUT2D eigenvalue weighted by Gasteiger charge is 2.33. The van der Waals surface area contributed by atoms with E-state index in [1.807, 2.05) is 6.92 Å². The Morgan fingerprint density at radius 1 is 1.06 bits per heavy atom. The first-order chi connectivity index (χ1) is 16.4. The fourth-order valence-electron chi connectivity index (χ4n) is 3.46. The minimum Gasteiger partial charge on any atom is -0.261 e. The molecular formula is C23H20F3N3O3S3. The molecule has 0 amide bonds. The van der Waals surface area contributed by atoms with Crippen molar-refractivity contribution in [2.24, 2.45) is 0 Å². The van der Waals surface area contributed by atoms with Gasteiger partial charge >= 0.3 is 11.9 Å². The Balaban J connectivity index is 1.77. The van der Waals surface area contributed by atoms with Crippen LogP contribution in [0, 0.1) is 20.8 Å². The number of fused-ring (bicyclic) bond motifs is 1. The van der Waals surface area contributed by atoms with Gasteiger partial charge in [0.2, 0.25) is 0 Å². The third-order valence-electron chi connectivity index (χ3n) is 5.37. The van der Waals surface area contributed by atoms with Gasteiger partial charge in [0.1, 0.15) is 5.69 Å². The summed E-state index contributed by atoms with van der Waals surface area (Å²) < 4.78 is 70.4. The van der Waals surface area contributed by atoms with E-state index >= 15 is 0 Å². The molecule has 2 aromatic carbocycles. The molecule has 2 heterocycles. The largest absolute Gasteiger partial charge is 0.416 e. The summed E-state index contributed by atoms with van der Waals surface area (Å²) in [5, 5.41) is 0. The zero-order chi connectivity index (χ0) is 25.5. The number of anilines is 1. The van der Waals surface area contributed by atoms with Gasteiger partial charge in [-0.1, -0.05) is 35.9 Å². The van der Waals surface area contributed by atoms with Crippen LogP contribution in [0.3, 0.4) is 0 Å². The maximum atomic E-state index is 13.4. The summed E-state index contributed by atoms with van der Waals surface area (Å²) in [4.78, 5) is 17.4. The molecule has 0 saturated heterocycles. The van der Waals surface area contributed by atoms with Crippen LogP contribution in [0.1, 0.15) is 27.3 Å². The number of imidazole rings is 1. The molecule has 0 bridgehead atoms. The number of halogens is 3. The lowest BCUT2D eigenvalue weighted by Gasteiger charge is -2.17. The molecule has 0 fully saturated rings. The van der Waals surface area contributed by atoms with Gasteiger partial charge in [-0.25, -0.2) is 13.2 Å². The number of alkyl halides is 3. The predicted molar refractivity (Wildman–Crippen MR) is 131 cm³/mol. The lowest BCUT2D eigenvalue weighted by molar-refractivity contribution is -0.138. The van der Waals surface area contributed by atoms with Crippen molar-refractivity contribution in [2.45, 2.75) is 41.8 Å². The van der Waals surface area contributed by atoms with E-state index in [-0.39, 0.29) is 27.7 Å². The molecule has 0 aliphatic carbocycles. The number of aromatic nitrogens is 2. The van der Waals surface area contributed by atoms with Crippen LogP contribution in [0.4, 0.5) is 19.0 Å².